The number of hydrogen-bond donors (Lipinski definition) is 2. The Morgan fingerprint density at radius 1 is 1.18 bits per heavy atom. The predicted octanol–water partition coefficient (Wildman–Crippen LogP) is 4.28. The molecule has 9 nitrogen and oxygen atoms in total. The van der Waals surface area contributed by atoms with Gasteiger partial charge in [0.15, 0.2) is 23.1 Å². The van der Waals surface area contributed by atoms with Crippen molar-refractivity contribution in [2.75, 3.05) is 53.6 Å². The summed E-state index contributed by atoms with van der Waals surface area (Å²) >= 11 is 0. The lowest BCUT2D eigenvalue weighted by atomic mass is 10.0. The maximum Gasteiger partial charge on any atom is 0.259 e. The number of methoxy groups -OCH3 is 2. The van der Waals surface area contributed by atoms with Crippen molar-refractivity contribution < 1.29 is 23.0 Å². The molecule has 1 saturated heterocycles. The number of allylic oxidation sites excluding steroid dienone is 1. The van der Waals surface area contributed by atoms with Crippen LogP contribution in [-0.2, 0) is 4.74 Å². The third kappa shape index (κ3) is 7.02. The lowest BCUT2D eigenvalue weighted by Gasteiger charge is -2.26. The number of aromatic nitrogens is 1. The van der Waals surface area contributed by atoms with Crippen LogP contribution in [0.5, 0.6) is 11.5 Å². The van der Waals surface area contributed by atoms with Crippen LogP contribution in [0.1, 0.15) is 32.5 Å². The molecule has 1 aromatic heterocycles. The maximum absolute atomic E-state index is 15.2. The Morgan fingerprint density at radius 2 is 1.82 bits per heavy atom. The van der Waals surface area contributed by atoms with Gasteiger partial charge in [-0.15, -0.1) is 0 Å². The Labute approximate surface area is 233 Å². The number of hydrogen-bond acceptors (Lipinski definition) is 8. The minimum Gasteiger partial charge on any atom is -0.494 e. The van der Waals surface area contributed by atoms with Crippen LogP contribution in [0.2, 0.25) is 0 Å². The Balaban J connectivity index is 2.04. The first kappa shape index (κ1) is 30.7. The number of halogens is 2. The summed E-state index contributed by atoms with van der Waals surface area (Å²) in [5.74, 6) is -2.47. The van der Waals surface area contributed by atoms with Crippen LogP contribution in [0.25, 0.3) is 17.2 Å². The van der Waals surface area contributed by atoms with Crippen molar-refractivity contribution in [3.63, 3.8) is 0 Å². The highest BCUT2D eigenvalue weighted by Crippen LogP contribution is 2.36. The second-order valence-electron chi connectivity index (χ2n) is 9.29. The fraction of sp³-hybridized carbons (Fsp3) is 0.414. The number of aliphatic imine (C=N–C) groups is 1. The van der Waals surface area contributed by atoms with Crippen molar-refractivity contribution in [2.24, 2.45) is 4.99 Å². The summed E-state index contributed by atoms with van der Waals surface area (Å²) in [6.45, 7) is 10.1. The highest BCUT2D eigenvalue weighted by molar-refractivity contribution is 5.86. The summed E-state index contributed by atoms with van der Waals surface area (Å²) in [7, 11) is 2.50. The van der Waals surface area contributed by atoms with Crippen LogP contribution in [0.15, 0.2) is 45.5 Å². The van der Waals surface area contributed by atoms with Gasteiger partial charge in [-0.25, -0.2) is 8.78 Å². The van der Waals surface area contributed by atoms with E-state index < -0.39 is 22.8 Å². The minimum atomic E-state index is -0.995. The van der Waals surface area contributed by atoms with Crippen molar-refractivity contribution in [3.05, 3.63) is 63.4 Å². The molecule has 0 bridgehead atoms. The highest BCUT2D eigenvalue weighted by atomic mass is 19.1. The molecule has 216 valence electrons. The normalized spacial score (nSPS) is 15.1. The minimum absolute atomic E-state index is 0.175. The van der Waals surface area contributed by atoms with Gasteiger partial charge in [0.25, 0.3) is 5.56 Å². The molecule has 0 radical (unpaired) electrons. The molecular weight excluding hydrogens is 520 g/mol. The Bertz CT molecular complexity index is 1320. The van der Waals surface area contributed by atoms with Crippen molar-refractivity contribution in [1.29, 1.82) is 5.41 Å². The summed E-state index contributed by atoms with van der Waals surface area (Å²) < 4.78 is 47.3. The number of ether oxygens (including phenoxy) is 3. The summed E-state index contributed by atoms with van der Waals surface area (Å²) in [6, 6.07) is 3.71. The molecule has 0 amide bonds. The van der Waals surface area contributed by atoms with Gasteiger partial charge in [-0.3, -0.25) is 14.7 Å². The molecule has 0 atom stereocenters. The van der Waals surface area contributed by atoms with Gasteiger partial charge < -0.3 is 29.5 Å². The molecule has 1 aliphatic rings. The van der Waals surface area contributed by atoms with Crippen molar-refractivity contribution in [3.8, 4) is 22.6 Å². The molecule has 1 aliphatic heterocycles. The topological polar surface area (TPSA) is 101 Å². The molecule has 2 heterocycles. The van der Waals surface area contributed by atoms with Crippen LogP contribution in [-0.4, -0.2) is 75.5 Å². The number of rotatable bonds is 12. The molecule has 0 saturated carbocycles. The Kier molecular flexibility index (Phi) is 11.2. The van der Waals surface area contributed by atoms with Gasteiger partial charge in [0.2, 0.25) is 0 Å². The van der Waals surface area contributed by atoms with E-state index >= 15 is 8.78 Å². The van der Waals surface area contributed by atoms with Crippen LogP contribution < -0.4 is 20.3 Å². The first-order valence-corrected chi connectivity index (χ1v) is 13.1. The third-order valence-corrected chi connectivity index (χ3v) is 6.45. The zero-order valence-corrected chi connectivity index (χ0v) is 23.6. The Hall–Kier alpha value is -3.83. The molecule has 1 fully saturated rings. The molecule has 0 spiro atoms. The first-order valence-electron chi connectivity index (χ1n) is 13.1. The van der Waals surface area contributed by atoms with E-state index in [1.807, 2.05) is 0 Å². The quantitative estimate of drug-likeness (QED) is 0.230. The molecule has 1 aromatic carbocycles. The van der Waals surface area contributed by atoms with E-state index in [4.69, 9.17) is 19.6 Å². The lowest BCUT2D eigenvalue weighted by molar-refractivity contribution is 0.0388. The van der Waals surface area contributed by atoms with E-state index in [1.165, 1.54) is 31.1 Å². The molecule has 11 heteroatoms. The largest absolute Gasteiger partial charge is 0.494 e. The van der Waals surface area contributed by atoms with Gasteiger partial charge >= 0.3 is 0 Å². The smallest absolute Gasteiger partial charge is 0.259 e. The summed E-state index contributed by atoms with van der Waals surface area (Å²) in [4.78, 5) is 20.4. The molecule has 2 N–H and O–H groups in total. The van der Waals surface area contributed by atoms with Crippen LogP contribution in [0.4, 0.5) is 8.78 Å². The van der Waals surface area contributed by atoms with Gasteiger partial charge in [0.1, 0.15) is 0 Å². The number of nitrogens with zero attached hydrogens (tertiary/aromatic N) is 3. The highest BCUT2D eigenvalue weighted by Gasteiger charge is 2.25. The van der Waals surface area contributed by atoms with Crippen LogP contribution in [0, 0.1) is 17.0 Å². The third-order valence-electron chi connectivity index (χ3n) is 6.45. The molecule has 0 unspecified atom stereocenters. The van der Waals surface area contributed by atoms with Gasteiger partial charge in [0.05, 0.1) is 44.3 Å². The fourth-order valence-electron chi connectivity index (χ4n) is 4.42. The van der Waals surface area contributed by atoms with E-state index in [2.05, 4.69) is 15.2 Å². The van der Waals surface area contributed by atoms with Crippen molar-refractivity contribution in [1.82, 2.24) is 14.8 Å². The maximum atomic E-state index is 15.2. The first-order chi connectivity index (χ1) is 19.3. The van der Waals surface area contributed by atoms with E-state index in [0.717, 1.165) is 38.9 Å². The van der Waals surface area contributed by atoms with E-state index in [-0.39, 0.29) is 23.1 Å². The average Bonchev–Trinajstić information content (AvgIpc) is 2.94. The molecule has 2 aromatic rings. The van der Waals surface area contributed by atoms with Crippen LogP contribution in [0.3, 0.4) is 0 Å². The van der Waals surface area contributed by atoms with Gasteiger partial charge in [0, 0.05) is 68.2 Å². The summed E-state index contributed by atoms with van der Waals surface area (Å²) in [5.41, 5.74) is 0.107. The number of morpholine rings is 1. The molecule has 3 rings (SSSR count). The zero-order valence-electron chi connectivity index (χ0n) is 23.6. The fourth-order valence-corrected chi connectivity index (χ4v) is 4.42. The number of nitrogens with one attached hydrogen (secondary N) is 2. The van der Waals surface area contributed by atoms with Gasteiger partial charge in [-0.2, -0.15) is 0 Å². The van der Waals surface area contributed by atoms with Gasteiger partial charge in [-0.1, -0.05) is 0 Å². The Morgan fingerprint density at radius 3 is 2.38 bits per heavy atom. The molecule has 40 heavy (non-hydrogen) atoms. The number of benzene rings is 1. The van der Waals surface area contributed by atoms with E-state index in [0.29, 0.717) is 23.5 Å². The predicted molar refractivity (Wildman–Crippen MR) is 154 cm³/mol. The van der Waals surface area contributed by atoms with Crippen molar-refractivity contribution >= 4 is 18.5 Å². The number of pyridine rings is 1. The lowest BCUT2D eigenvalue weighted by Crippen LogP contribution is -2.39. The molecule has 0 aliphatic carbocycles. The van der Waals surface area contributed by atoms with Crippen molar-refractivity contribution in [2.45, 2.75) is 26.8 Å². The van der Waals surface area contributed by atoms with E-state index in [9.17, 15) is 4.79 Å². The standard InChI is InChI=1S/C29H37F2N5O4/c1-6-34-23(20(17-32)18-33-9-10-35-11-13-40-14-12-35)15-21-7-8-22(29(37)36(21)19(2)3)26-27(30)24(38-4)16-25(39-5)28(26)31/h6-8,15-19,32-33H,9-14H2,1-5H3/b20-18+,23-15-,32-17?,34-6-. The second-order valence-corrected chi connectivity index (χ2v) is 9.29. The second kappa shape index (κ2) is 14.5. The molecular formula is C29H37F2N5O4. The summed E-state index contributed by atoms with van der Waals surface area (Å²) in [6.07, 6.45) is 6.16. The monoisotopic (exact) mass is 557 g/mol. The van der Waals surface area contributed by atoms with Gasteiger partial charge in [-0.05, 0) is 39.0 Å². The zero-order chi connectivity index (χ0) is 29.2. The van der Waals surface area contributed by atoms with Crippen LogP contribution >= 0.6 is 0 Å². The van der Waals surface area contributed by atoms with E-state index in [1.54, 1.807) is 45.3 Å². The summed E-state index contributed by atoms with van der Waals surface area (Å²) in [5, 5.41) is 11.2. The average molecular weight is 558 g/mol. The SMILES string of the molecule is C\C=N/C(=C\c1ccc(-c2c(F)c(OC)cc(OC)c2F)c(=O)n1C(C)C)C(/C=N)=C/NCCN1CCOCC1.